The molecule has 0 aliphatic carbocycles. The van der Waals surface area contributed by atoms with Gasteiger partial charge in [0.05, 0.1) is 12.2 Å². The summed E-state index contributed by atoms with van der Waals surface area (Å²) < 4.78 is 27.5. The van der Waals surface area contributed by atoms with Gasteiger partial charge in [0.2, 0.25) is 5.91 Å². The molecule has 0 unspecified atom stereocenters. The number of anilines is 1. The second-order valence-electron chi connectivity index (χ2n) is 6.18. The van der Waals surface area contributed by atoms with Gasteiger partial charge in [-0.1, -0.05) is 29.8 Å². The molecule has 0 radical (unpaired) electrons. The lowest BCUT2D eigenvalue weighted by atomic mass is 10.0. The summed E-state index contributed by atoms with van der Waals surface area (Å²) in [6, 6.07) is 10.2. The van der Waals surface area contributed by atoms with E-state index in [9.17, 15) is 13.6 Å². The Labute approximate surface area is 140 Å². The largest absolute Gasteiger partial charge is 0.360 e. The summed E-state index contributed by atoms with van der Waals surface area (Å²) in [5.74, 6) is -1.35. The third kappa shape index (κ3) is 3.72. The number of carbonyl (C=O) groups excluding carboxylic acids is 1. The predicted octanol–water partition coefficient (Wildman–Crippen LogP) is 3.34. The first-order chi connectivity index (χ1) is 11.5. The number of aryl methyl sites for hydroxylation is 2. The van der Waals surface area contributed by atoms with Crippen molar-refractivity contribution in [1.29, 1.82) is 0 Å². The summed E-state index contributed by atoms with van der Waals surface area (Å²) in [4.78, 5) is 13.9. The van der Waals surface area contributed by atoms with Gasteiger partial charge in [0, 0.05) is 19.2 Å². The lowest BCUT2D eigenvalue weighted by Crippen LogP contribution is -2.40. The Morgan fingerprint density at radius 2 is 1.96 bits per heavy atom. The van der Waals surface area contributed by atoms with Crippen LogP contribution >= 0.6 is 0 Å². The first-order valence-corrected chi connectivity index (χ1v) is 8.08. The van der Waals surface area contributed by atoms with Crippen molar-refractivity contribution in [2.75, 3.05) is 18.0 Å². The fourth-order valence-electron chi connectivity index (χ4n) is 3.03. The summed E-state index contributed by atoms with van der Waals surface area (Å²) in [5.41, 5.74) is 3.16. The van der Waals surface area contributed by atoms with Gasteiger partial charge in [0.15, 0.2) is 0 Å². The van der Waals surface area contributed by atoms with Crippen LogP contribution in [0.15, 0.2) is 36.4 Å². The first-order valence-electron chi connectivity index (χ1n) is 8.08. The molecule has 0 saturated heterocycles. The average Bonchev–Trinajstić information content (AvgIpc) is 2.54. The highest BCUT2D eigenvalue weighted by molar-refractivity contribution is 5.82. The third-order valence-electron chi connectivity index (χ3n) is 4.24. The Morgan fingerprint density at radius 1 is 1.21 bits per heavy atom. The maximum absolute atomic E-state index is 14.1. The molecular weight excluding hydrogens is 310 g/mol. The van der Waals surface area contributed by atoms with Crippen LogP contribution in [-0.2, 0) is 17.8 Å². The molecule has 0 atom stereocenters. The van der Waals surface area contributed by atoms with E-state index in [1.807, 2.05) is 31.2 Å². The van der Waals surface area contributed by atoms with Crippen molar-refractivity contribution >= 4 is 11.6 Å². The minimum atomic E-state index is -0.601. The molecule has 0 bridgehead atoms. The van der Waals surface area contributed by atoms with Gasteiger partial charge in [0.1, 0.15) is 11.6 Å². The summed E-state index contributed by atoms with van der Waals surface area (Å²) in [6.07, 6.45) is 1.41. The van der Waals surface area contributed by atoms with Crippen LogP contribution < -0.4 is 10.2 Å². The van der Waals surface area contributed by atoms with E-state index in [1.165, 1.54) is 6.07 Å². The zero-order valence-electron chi connectivity index (χ0n) is 13.6. The first kappa shape index (κ1) is 16.4. The van der Waals surface area contributed by atoms with Crippen LogP contribution in [0.1, 0.15) is 23.1 Å². The van der Waals surface area contributed by atoms with Crippen molar-refractivity contribution in [2.45, 2.75) is 26.3 Å². The van der Waals surface area contributed by atoms with E-state index in [2.05, 4.69) is 5.32 Å². The number of rotatable bonds is 4. The Hall–Kier alpha value is -2.43. The Kier molecular flexibility index (Phi) is 4.79. The van der Waals surface area contributed by atoms with Gasteiger partial charge in [-0.05, 0) is 37.0 Å². The molecule has 2 aromatic carbocycles. The average molecular weight is 330 g/mol. The highest BCUT2D eigenvalue weighted by atomic mass is 19.1. The molecule has 1 N–H and O–H groups in total. The number of hydrogen-bond acceptors (Lipinski definition) is 2. The van der Waals surface area contributed by atoms with Crippen LogP contribution in [0.2, 0.25) is 0 Å². The van der Waals surface area contributed by atoms with E-state index in [-0.39, 0.29) is 12.5 Å². The van der Waals surface area contributed by atoms with Crippen LogP contribution in [-0.4, -0.2) is 19.0 Å². The number of benzene rings is 2. The Balaban J connectivity index is 1.64. The molecule has 3 rings (SSSR count). The van der Waals surface area contributed by atoms with Crippen LogP contribution in [0.5, 0.6) is 0 Å². The Bertz CT molecular complexity index is 744. The van der Waals surface area contributed by atoms with E-state index in [0.29, 0.717) is 30.8 Å². The monoisotopic (exact) mass is 330 g/mol. The van der Waals surface area contributed by atoms with Crippen molar-refractivity contribution in [1.82, 2.24) is 5.32 Å². The standard InChI is InChI=1S/C19H20F2N2O/c1-13-4-6-14(7-5-13)11-22-18(24)12-23-8-2-3-15-9-16(20)10-17(21)19(15)23/h4-7,9-10H,2-3,8,11-12H2,1H3,(H,22,24). The third-order valence-corrected chi connectivity index (χ3v) is 4.24. The minimum Gasteiger partial charge on any atom is -0.360 e. The van der Waals surface area contributed by atoms with Crippen LogP contribution in [0.3, 0.4) is 0 Å². The molecule has 0 aromatic heterocycles. The number of carbonyl (C=O) groups is 1. The summed E-state index contributed by atoms with van der Waals surface area (Å²) in [7, 11) is 0. The molecule has 3 nitrogen and oxygen atoms in total. The molecule has 0 spiro atoms. The topological polar surface area (TPSA) is 32.3 Å². The molecule has 5 heteroatoms. The quantitative estimate of drug-likeness (QED) is 0.932. The lowest BCUT2D eigenvalue weighted by molar-refractivity contribution is -0.119. The van der Waals surface area contributed by atoms with Crippen molar-refractivity contribution in [3.8, 4) is 0 Å². The molecular formula is C19H20F2N2O. The number of amides is 1. The van der Waals surface area contributed by atoms with Gasteiger partial charge < -0.3 is 10.2 Å². The van der Waals surface area contributed by atoms with E-state index in [1.54, 1.807) is 4.90 Å². The number of hydrogen-bond donors (Lipinski definition) is 1. The number of nitrogens with zero attached hydrogens (tertiary/aromatic N) is 1. The number of nitrogens with one attached hydrogen (secondary N) is 1. The zero-order valence-corrected chi connectivity index (χ0v) is 13.6. The van der Waals surface area contributed by atoms with Crippen LogP contribution in [0.4, 0.5) is 14.5 Å². The van der Waals surface area contributed by atoms with E-state index in [4.69, 9.17) is 0 Å². The molecule has 1 aliphatic rings. The highest BCUT2D eigenvalue weighted by Gasteiger charge is 2.23. The van der Waals surface area contributed by atoms with Crippen molar-refractivity contribution < 1.29 is 13.6 Å². The molecule has 1 amide bonds. The van der Waals surface area contributed by atoms with E-state index in [0.717, 1.165) is 23.6 Å². The van der Waals surface area contributed by atoms with Gasteiger partial charge in [-0.25, -0.2) is 8.78 Å². The fourth-order valence-corrected chi connectivity index (χ4v) is 3.03. The molecule has 0 saturated carbocycles. The number of halogens is 2. The normalized spacial score (nSPS) is 13.5. The SMILES string of the molecule is Cc1ccc(CNC(=O)CN2CCCc3cc(F)cc(F)c32)cc1. The van der Waals surface area contributed by atoms with Gasteiger partial charge >= 0.3 is 0 Å². The van der Waals surface area contributed by atoms with Crippen molar-refractivity contribution in [2.24, 2.45) is 0 Å². The molecule has 2 aromatic rings. The van der Waals surface area contributed by atoms with Crippen molar-refractivity contribution in [3.63, 3.8) is 0 Å². The number of fused-ring (bicyclic) bond motifs is 1. The molecule has 126 valence electrons. The van der Waals surface area contributed by atoms with Crippen LogP contribution in [0.25, 0.3) is 0 Å². The lowest BCUT2D eigenvalue weighted by Gasteiger charge is -2.31. The van der Waals surface area contributed by atoms with Gasteiger partial charge in [0.25, 0.3) is 0 Å². The van der Waals surface area contributed by atoms with Gasteiger partial charge in [-0.2, -0.15) is 0 Å². The summed E-state index contributed by atoms with van der Waals surface area (Å²) in [5, 5.41) is 2.85. The fraction of sp³-hybridized carbons (Fsp3) is 0.316. The Morgan fingerprint density at radius 3 is 2.71 bits per heavy atom. The van der Waals surface area contributed by atoms with Crippen molar-refractivity contribution in [3.05, 3.63) is 64.7 Å². The molecule has 24 heavy (non-hydrogen) atoms. The predicted molar refractivity (Wildman–Crippen MR) is 89.9 cm³/mol. The molecule has 1 heterocycles. The zero-order chi connectivity index (χ0) is 17.1. The van der Waals surface area contributed by atoms with Crippen LogP contribution in [0, 0.1) is 18.6 Å². The van der Waals surface area contributed by atoms with E-state index >= 15 is 0 Å². The maximum Gasteiger partial charge on any atom is 0.239 e. The maximum atomic E-state index is 14.1. The smallest absolute Gasteiger partial charge is 0.239 e. The summed E-state index contributed by atoms with van der Waals surface area (Å²) >= 11 is 0. The van der Waals surface area contributed by atoms with Gasteiger partial charge in [-0.15, -0.1) is 0 Å². The van der Waals surface area contributed by atoms with E-state index < -0.39 is 11.6 Å². The molecule has 0 fully saturated rings. The highest BCUT2D eigenvalue weighted by Crippen LogP contribution is 2.30. The second-order valence-corrected chi connectivity index (χ2v) is 6.18. The molecule has 1 aliphatic heterocycles. The minimum absolute atomic E-state index is 0.0708. The van der Waals surface area contributed by atoms with Gasteiger partial charge in [-0.3, -0.25) is 4.79 Å². The second kappa shape index (κ2) is 6.99. The summed E-state index contributed by atoms with van der Waals surface area (Å²) in [6.45, 7) is 3.11.